The Labute approximate surface area is 342 Å². The van der Waals surface area contributed by atoms with Gasteiger partial charge >= 0.3 is 11.9 Å². The number of esters is 2. The number of benzene rings is 5. The summed E-state index contributed by atoms with van der Waals surface area (Å²) in [7, 11) is 0. The van der Waals surface area contributed by atoms with Crippen LogP contribution in [0, 0.1) is 0 Å². The molecule has 0 fully saturated rings. The van der Waals surface area contributed by atoms with Crippen LogP contribution in [-0.4, -0.2) is 49.8 Å². The molecule has 1 N–H and O–H groups in total. The van der Waals surface area contributed by atoms with Crippen LogP contribution in [0.4, 0.5) is 5.13 Å². The van der Waals surface area contributed by atoms with Gasteiger partial charge in [-0.1, -0.05) is 79.8 Å². The summed E-state index contributed by atoms with van der Waals surface area (Å²) in [4.78, 5) is 29.4. The van der Waals surface area contributed by atoms with Gasteiger partial charge in [-0.05, 0) is 92.3 Å². The fourth-order valence-electron chi connectivity index (χ4n) is 5.84. The molecule has 0 bridgehead atoms. The molecule has 0 atom stereocenters. The van der Waals surface area contributed by atoms with Crippen molar-refractivity contribution >= 4 is 55.6 Å². The zero-order chi connectivity index (χ0) is 40.4. The van der Waals surface area contributed by atoms with Crippen molar-refractivity contribution in [3.63, 3.8) is 0 Å². The minimum Gasteiger partial charge on any atom is -0.494 e. The molecular formula is C46H47N3O8S. The molecule has 6 rings (SSSR count). The molecule has 0 amide bonds. The molecule has 1 heterocycles. The van der Waals surface area contributed by atoms with E-state index >= 15 is 0 Å². The van der Waals surface area contributed by atoms with Gasteiger partial charge in [0.2, 0.25) is 5.13 Å². The highest BCUT2D eigenvalue weighted by atomic mass is 32.1. The van der Waals surface area contributed by atoms with Gasteiger partial charge < -0.3 is 28.4 Å². The lowest BCUT2D eigenvalue weighted by Gasteiger charge is -2.16. The molecule has 0 radical (unpaired) electrons. The molecule has 0 aliphatic carbocycles. The van der Waals surface area contributed by atoms with Crippen molar-refractivity contribution in [2.24, 2.45) is 5.10 Å². The van der Waals surface area contributed by atoms with Crippen molar-refractivity contribution in [2.45, 2.75) is 52.1 Å². The number of rotatable bonds is 23. The summed E-state index contributed by atoms with van der Waals surface area (Å²) in [5, 5.41) is 6.50. The standard InChI is InChI=1S/C46H47N3O8S/c1-3-5-26-53-36-22-18-33(19-23-36)31-52-32-56-41-29-35(30-47-49-46-48-40-16-10-11-17-42(40)58-46)44(39-15-9-8-14-38(39)41)57-45(51)34-20-24-37(25-21-34)54-27-12-6-7-13-28-55-43(50)4-2/h4,8-11,14-25,29-30H,2-3,5-7,12-13,26-28,31-32H2,1H3,(H,48,49)/b47-30+. The van der Waals surface area contributed by atoms with Gasteiger partial charge in [0.25, 0.3) is 0 Å². The summed E-state index contributed by atoms with van der Waals surface area (Å²) in [5.74, 6) is 1.40. The summed E-state index contributed by atoms with van der Waals surface area (Å²) in [5.41, 5.74) is 5.75. The van der Waals surface area contributed by atoms with Gasteiger partial charge in [-0.3, -0.25) is 5.43 Å². The smallest absolute Gasteiger partial charge is 0.343 e. The van der Waals surface area contributed by atoms with Gasteiger partial charge in [-0.25, -0.2) is 14.6 Å². The van der Waals surface area contributed by atoms with E-state index in [9.17, 15) is 9.59 Å². The lowest BCUT2D eigenvalue weighted by Crippen LogP contribution is -2.11. The maximum atomic E-state index is 13.7. The molecule has 0 saturated carbocycles. The number of fused-ring (bicyclic) bond motifs is 2. The number of carbonyl (C=O) groups excluding carboxylic acids is 2. The van der Waals surface area contributed by atoms with Crippen LogP contribution in [0.25, 0.3) is 21.0 Å². The third kappa shape index (κ3) is 12.1. The Balaban J connectivity index is 1.12. The summed E-state index contributed by atoms with van der Waals surface area (Å²) in [6.45, 7) is 7.47. The number of unbranched alkanes of at least 4 members (excludes halogenated alkanes) is 4. The Hall–Kier alpha value is -6.24. The average molecular weight is 802 g/mol. The van der Waals surface area contributed by atoms with E-state index < -0.39 is 11.9 Å². The van der Waals surface area contributed by atoms with E-state index in [1.807, 2.05) is 72.8 Å². The van der Waals surface area contributed by atoms with Crippen LogP contribution >= 0.6 is 11.3 Å². The number of anilines is 1. The molecule has 0 spiro atoms. The molecule has 0 aliphatic rings. The first-order valence-electron chi connectivity index (χ1n) is 19.4. The summed E-state index contributed by atoms with van der Waals surface area (Å²) >= 11 is 1.48. The van der Waals surface area contributed by atoms with E-state index in [4.69, 9.17) is 28.4 Å². The van der Waals surface area contributed by atoms with E-state index in [2.05, 4.69) is 29.0 Å². The zero-order valence-corrected chi connectivity index (χ0v) is 33.3. The number of hydrogen-bond donors (Lipinski definition) is 1. The monoisotopic (exact) mass is 801 g/mol. The first-order valence-corrected chi connectivity index (χ1v) is 20.2. The Kier molecular flexibility index (Phi) is 15.6. The van der Waals surface area contributed by atoms with E-state index in [0.717, 1.165) is 71.5 Å². The SMILES string of the molecule is C=CC(=O)OCCCCCCOc1ccc(C(=O)Oc2c(/C=N/Nc3nc4ccccc4s3)cc(OCOCc3ccc(OCCCC)cc3)c3ccccc23)cc1. The molecule has 1 aromatic heterocycles. The zero-order valence-electron chi connectivity index (χ0n) is 32.5. The van der Waals surface area contributed by atoms with Gasteiger partial charge in [-0.15, -0.1) is 0 Å². The number of carbonyl (C=O) groups is 2. The Morgan fingerprint density at radius 1 is 0.793 bits per heavy atom. The molecule has 0 saturated heterocycles. The number of nitrogens with zero attached hydrogens (tertiary/aromatic N) is 2. The van der Waals surface area contributed by atoms with Crippen LogP contribution in [0.1, 0.15) is 66.9 Å². The van der Waals surface area contributed by atoms with Gasteiger partial charge in [-0.2, -0.15) is 5.10 Å². The van der Waals surface area contributed by atoms with Crippen molar-refractivity contribution in [3.8, 4) is 23.0 Å². The number of nitrogens with one attached hydrogen (secondary N) is 1. The third-order valence-corrected chi connectivity index (χ3v) is 9.84. The number of thiazole rings is 1. The number of hydrazone groups is 1. The van der Waals surface area contributed by atoms with E-state index in [1.54, 1.807) is 36.5 Å². The van der Waals surface area contributed by atoms with Crippen LogP contribution in [0.2, 0.25) is 0 Å². The highest BCUT2D eigenvalue weighted by Gasteiger charge is 2.18. The average Bonchev–Trinajstić information content (AvgIpc) is 3.68. The van der Waals surface area contributed by atoms with Crippen LogP contribution in [-0.2, 0) is 20.9 Å². The maximum Gasteiger partial charge on any atom is 0.343 e. The summed E-state index contributed by atoms with van der Waals surface area (Å²) in [6.07, 6.45) is 8.34. The fraction of sp³-hybridized carbons (Fsp3) is 0.261. The Morgan fingerprint density at radius 2 is 1.48 bits per heavy atom. The van der Waals surface area contributed by atoms with E-state index in [-0.39, 0.29) is 6.79 Å². The molecule has 58 heavy (non-hydrogen) atoms. The minimum absolute atomic E-state index is 0.0138. The second kappa shape index (κ2) is 21.9. The maximum absolute atomic E-state index is 13.7. The molecule has 11 nitrogen and oxygen atoms in total. The van der Waals surface area contributed by atoms with Crippen LogP contribution < -0.4 is 24.4 Å². The van der Waals surface area contributed by atoms with Gasteiger partial charge in [0, 0.05) is 22.4 Å². The van der Waals surface area contributed by atoms with Crippen LogP contribution in [0.5, 0.6) is 23.0 Å². The van der Waals surface area contributed by atoms with Gasteiger partial charge in [0.15, 0.2) is 6.79 Å². The molecular weight excluding hydrogens is 755 g/mol. The lowest BCUT2D eigenvalue weighted by molar-refractivity contribution is -0.137. The molecule has 300 valence electrons. The Morgan fingerprint density at radius 3 is 2.22 bits per heavy atom. The second-order valence-electron chi connectivity index (χ2n) is 13.2. The number of para-hydroxylation sites is 1. The van der Waals surface area contributed by atoms with Crippen LogP contribution in [0.15, 0.2) is 121 Å². The summed E-state index contributed by atoms with van der Waals surface area (Å²) in [6, 6.07) is 31.9. The normalized spacial score (nSPS) is 11.1. The predicted octanol–water partition coefficient (Wildman–Crippen LogP) is 10.5. The molecule has 0 unspecified atom stereocenters. The predicted molar refractivity (Wildman–Crippen MR) is 228 cm³/mol. The largest absolute Gasteiger partial charge is 0.494 e. The Bertz CT molecular complexity index is 2260. The van der Waals surface area contributed by atoms with E-state index in [1.165, 1.54) is 11.3 Å². The third-order valence-electron chi connectivity index (χ3n) is 8.90. The number of hydrogen-bond acceptors (Lipinski definition) is 12. The highest BCUT2D eigenvalue weighted by molar-refractivity contribution is 7.22. The topological polar surface area (TPSA) is 127 Å². The molecule has 6 aromatic rings. The molecule has 0 aliphatic heterocycles. The van der Waals surface area contributed by atoms with Crippen molar-refractivity contribution in [3.05, 3.63) is 132 Å². The molecule has 5 aromatic carbocycles. The van der Waals surface area contributed by atoms with Crippen molar-refractivity contribution in [1.29, 1.82) is 0 Å². The minimum atomic E-state index is -0.540. The van der Waals surface area contributed by atoms with Crippen LogP contribution in [0.3, 0.4) is 0 Å². The number of aromatic nitrogens is 1. The van der Waals surface area contributed by atoms with Crippen molar-refractivity contribution < 1.29 is 38.0 Å². The van der Waals surface area contributed by atoms with Gasteiger partial charge in [0.1, 0.15) is 23.0 Å². The lowest BCUT2D eigenvalue weighted by atomic mass is 10.0. The quantitative estimate of drug-likeness (QED) is 0.0127. The second-order valence-corrected chi connectivity index (χ2v) is 14.2. The molecule has 12 heteroatoms. The van der Waals surface area contributed by atoms with Crippen molar-refractivity contribution in [2.75, 3.05) is 32.0 Å². The van der Waals surface area contributed by atoms with E-state index in [0.29, 0.717) is 65.3 Å². The van der Waals surface area contributed by atoms with Crippen molar-refractivity contribution in [1.82, 2.24) is 4.98 Å². The van der Waals surface area contributed by atoms with Gasteiger partial charge in [0.05, 0.1) is 48.4 Å². The number of ether oxygens (including phenoxy) is 6. The fourth-order valence-corrected chi connectivity index (χ4v) is 6.66. The highest BCUT2D eigenvalue weighted by Crippen LogP contribution is 2.37. The summed E-state index contributed by atoms with van der Waals surface area (Å²) < 4.78 is 35.9. The first kappa shape index (κ1) is 41.4. The first-order chi connectivity index (χ1) is 28.5.